The fourth-order valence-corrected chi connectivity index (χ4v) is 2.23. The van der Waals surface area contributed by atoms with E-state index in [1.807, 2.05) is 36.4 Å². The number of aromatic nitrogens is 1. The predicted octanol–water partition coefficient (Wildman–Crippen LogP) is 4.03. The normalized spacial score (nSPS) is 10.7. The lowest BCUT2D eigenvalue weighted by molar-refractivity contribution is 0.0690. The molecule has 2 N–H and O–H groups in total. The molecule has 0 unspecified atom stereocenters. The Balaban J connectivity index is 1.90. The van der Waals surface area contributed by atoms with Gasteiger partial charge in [0, 0.05) is 10.2 Å². The van der Waals surface area contributed by atoms with Gasteiger partial charge >= 0.3 is 5.97 Å². The summed E-state index contributed by atoms with van der Waals surface area (Å²) in [6, 6.07) is 11.9. The number of benzene rings is 2. The second-order valence-electron chi connectivity index (χ2n) is 4.17. The number of rotatable bonds is 3. The Bertz CT molecular complexity index is 798. The van der Waals surface area contributed by atoms with E-state index in [1.54, 1.807) is 0 Å². The minimum atomic E-state index is -1.12. The summed E-state index contributed by atoms with van der Waals surface area (Å²) in [4.78, 5) is 14.5. The highest BCUT2D eigenvalue weighted by Gasteiger charge is 2.10. The average molecular weight is 333 g/mol. The topological polar surface area (TPSA) is 75.4 Å². The van der Waals surface area contributed by atoms with E-state index in [1.165, 1.54) is 0 Å². The molecule has 0 atom stereocenters. The van der Waals surface area contributed by atoms with Gasteiger partial charge in [0.1, 0.15) is 6.26 Å². The first kappa shape index (κ1) is 12.7. The molecule has 2 aromatic carbocycles. The molecule has 0 radical (unpaired) electrons. The van der Waals surface area contributed by atoms with Gasteiger partial charge in [-0.1, -0.05) is 28.1 Å². The quantitative estimate of drug-likeness (QED) is 0.757. The van der Waals surface area contributed by atoms with E-state index in [-0.39, 0.29) is 11.7 Å². The maximum absolute atomic E-state index is 10.7. The Morgan fingerprint density at radius 3 is 2.70 bits per heavy atom. The first-order valence-corrected chi connectivity index (χ1v) is 6.56. The van der Waals surface area contributed by atoms with Crippen LogP contribution in [0.5, 0.6) is 0 Å². The van der Waals surface area contributed by atoms with Gasteiger partial charge in [0.05, 0.1) is 0 Å². The number of halogens is 1. The van der Waals surface area contributed by atoms with E-state index in [4.69, 9.17) is 9.52 Å². The first-order valence-electron chi connectivity index (χ1n) is 5.77. The third-order valence-corrected chi connectivity index (χ3v) is 3.27. The molecule has 3 rings (SSSR count). The van der Waals surface area contributed by atoms with Crippen LogP contribution in [0.4, 0.5) is 11.7 Å². The van der Waals surface area contributed by atoms with Crippen LogP contribution in [-0.2, 0) is 0 Å². The summed E-state index contributed by atoms with van der Waals surface area (Å²) < 4.78 is 6.07. The van der Waals surface area contributed by atoms with Crippen LogP contribution in [-0.4, -0.2) is 16.1 Å². The van der Waals surface area contributed by atoms with E-state index < -0.39 is 5.97 Å². The van der Waals surface area contributed by atoms with Crippen LogP contribution in [0.1, 0.15) is 10.5 Å². The Kier molecular flexibility index (Phi) is 3.15. The molecule has 0 amide bonds. The third-order valence-electron chi connectivity index (χ3n) is 2.78. The summed E-state index contributed by atoms with van der Waals surface area (Å²) in [5, 5.41) is 13.9. The molecule has 0 fully saturated rings. The molecule has 0 spiro atoms. The SMILES string of the molecule is O=C(O)c1coc(Nc2ccc3cc(Br)ccc3c2)n1. The molecule has 0 aliphatic heterocycles. The third kappa shape index (κ3) is 2.50. The number of fused-ring (bicyclic) bond motifs is 1. The number of hydrogen-bond donors (Lipinski definition) is 2. The van der Waals surface area contributed by atoms with Crippen molar-refractivity contribution in [1.29, 1.82) is 0 Å². The fraction of sp³-hybridized carbons (Fsp3) is 0. The molecule has 6 heteroatoms. The van der Waals surface area contributed by atoms with Crippen molar-refractivity contribution < 1.29 is 14.3 Å². The first-order chi connectivity index (χ1) is 9.61. The average Bonchev–Trinajstić information content (AvgIpc) is 2.88. The van der Waals surface area contributed by atoms with Gasteiger partial charge in [-0.15, -0.1) is 0 Å². The lowest BCUT2D eigenvalue weighted by Gasteiger charge is -2.04. The number of aromatic carboxylic acids is 1. The van der Waals surface area contributed by atoms with Crippen LogP contribution in [0, 0.1) is 0 Å². The molecule has 0 saturated heterocycles. The predicted molar refractivity (Wildman–Crippen MR) is 78.4 cm³/mol. The second kappa shape index (κ2) is 4.97. The van der Waals surface area contributed by atoms with Crippen molar-refractivity contribution in [2.75, 3.05) is 5.32 Å². The van der Waals surface area contributed by atoms with Crippen LogP contribution in [0.2, 0.25) is 0 Å². The van der Waals surface area contributed by atoms with Crippen LogP contribution >= 0.6 is 15.9 Å². The Labute approximate surface area is 122 Å². The second-order valence-corrected chi connectivity index (χ2v) is 5.09. The summed E-state index contributed by atoms with van der Waals surface area (Å²) in [5.74, 6) is -1.12. The van der Waals surface area contributed by atoms with Crippen molar-refractivity contribution in [3.63, 3.8) is 0 Å². The smallest absolute Gasteiger partial charge is 0.357 e. The number of carboxylic acids is 1. The zero-order chi connectivity index (χ0) is 14.1. The van der Waals surface area contributed by atoms with Crippen LogP contribution in [0.15, 0.2) is 51.6 Å². The van der Waals surface area contributed by atoms with Gasteiger partial charge in [0.15, 0.2) is 5.69 Å². The van der Waals surface area contributed by atoms with Gasteiger partial charge in [-0.25, -0.2) is 4.79 Å². The molecule has 0 aliphatic carbocycles. The number of nitrogens with zero attached hydrogens (tertiary/aromatic N) is 1. The van der Waals surface area contributed by atoms with Gasteiger partial charge < -0.3 is 14.8 Å². The fourth-order valence-electron chi connectivity index (χ4n) is 1.85. The molecule has 100 valence electrons. The zero-order valence-corrected chi connectivity index (χ0v) is 11.7. The Morgan fingerprint density at radius 2 is 1.95 bits per heavy atom. The molecule has 0 bridgehead atoms. The highest BCUT2D eigenvalue weighted by Crippen LogP contribution is 2.24. The monoisotopic (exact) mass is 332 g/mol. The zero-order valence-electron chi connectivity index (χ0n) is 10.1. The molecule has 0 aliphatic rings. The molecule has 1 aromatic heterocycles. The molecular weight excluding hydrogens is 324 g/mol. The molecule has 3 aromatic rings. The number of anilines is 2. The van der Waals surface area contributed by atoms with E-state index >= 15 is 0 Å². The summed E-state index contributed by atoms with van der Waals surface area (Å²) in [6.45, 7) is 0. The van der Waals surface area contributed by atoms with E-state index in [2.05, 4.69) is 26.2 Å². The van der Waals surface area contributed by atoms with E-state index in [0.29, 0.717) is 0 Å². The number of carbonyl (C=O) groups is 1. The van der Waals surface area contributed by atoms with E-state index in [0.717, 1.165) is 27.2 Å². The number of carboxylic acid groups (broad SMARTS) is 1. The van der Waals surface area contributed by atoms with Crippen LogP contribution in [0.25, 0.3) is 10.8 Å². The number of oxazole rings is 1. The minimum absolute atomic E-state index is 0.128. The lowest BCUT2D eigenvalue weighted by Crippen LogP contribution is -1.97. The Hall–Kier alpha value is -2.34. The maximum atomic E-state index is 10.7. The summed E-state index contributed by atoms with van der Waals surface area (Å²) in [5.41, 5.74) is 0.649. The summed E-state index contributed by atoms with van der Waals surface area (Å²) >= 11 is 3.42. The number of hydrogen-bond acceptors (Lipinski definition) is 4. The van der Waals surface area contributed by atoms with E-state index in [9.17, 15) is 4.79 Å². The van der Waals surface area contributed by atoms with Crippen LogP contribution < -0.4 is 5.32 Å². The van der Waals surface area contributed by atoms with Gasteiger partial charge in [-0.2, -0.15) is 4.98 Å². The van der Waals surface area contributed by atoms with Crippen molar-refractivity contribution in [1.82, 2.24) is 4.98 Å². The molecule has 0 saturated carbocycles. The number of nitrogens with one attached hydrogen (secondary N) is 1. The highest BCUT2D eigenvalue weighted by atomic mass is 79.9. The molecule has 1 heterocycles. The maximum Gasteiger partial charge on any atom is 0.357 e. The Morgan fingerprint density at radius 1 is 1.20 bits per heavy atom. The molecular formula is C14H9BrN2O3. The molecule has 20 heavy (non-hydrogen) atoms. The van der Waals surface area contributed by atoms with Gasteiger partial charge in [-0.05, 0) is 35.0 Å². The summed E-state index contributed by atoms with van der Waals surface area (Å²) in [6.07, 6.45) is 1.10. The molecule has 5 nitrogen and oxygen atoms in total. The van der Waals surface area contributed by atoms with Crippen molar-refractivity contribution in [3.05, 3.63) is 52.8 Å². The largest absolute Gasteiger partial charge is 0.476 e. The van der Waals surface area contributed by atoms with Crippen molar-refractivity contribution in [2.45, 2.75) is 0 Å². The van der Waals surface area contributed by atoms with Gasteiger partial charge in [0.2, 0.25) is 0 Å². The van der Waals surface area contributed by atoms with Crippen molar-refractivity contribution >= 4 is 44.4 Å². The minimum Gasteiger partial charge on any atom is -0.476 e. The summed E-state index contributed by atoms with van der Waals surface area (Å²) in [7, 11) is 0. The van der Waals surface area contributed by atoms with Gasteiger partial charge in [0.25, 0.3) is 6.01 Å². The standard InChI is InChI=1S/C14H9BrN2O3/c15-10-3-1-9-6-11(4-2-8(9)5-10)16-14-17-12(7-20-14)13(18)19/h1-7H,(H,16,17)(H,18,19). The van der Waals surface area contributed by atoms with Crippen molar-refractivity contribution in [2.24, 2.45) is 0 Å². The lowest BCUT2D eigenvalue weighted by atomic mass is 10.1. The van der Waals surface area contributed by atoms with Crippen molar-refractivity contribution in [3.8, 4) is 0 Å². The van der Waals surface area contributed by atoms with Gasteiger partial charge in [-0.3, -0.25) is 0 Å². The van der Waals surface area contributed by atoms with Crippen LogP contribution in [0.3, 0.4) is 0 Å². The highest BCUT2D eigenvalue weighted by molar-refractivity contribution is 9.10.